The predicted molar refractivity (Wildman–Crippen MR) is 83.4 cm³/mol. The second-order valence-corrected chi connectivity index (χ2v) is 4.95. The first-order valence-corrected chi connectivity index (χ1v) is 6.83. The highest BCUT2D eigenvalue weighted by Gasteiger charge is 2.18. The number of ether oxygens (including phenoxy) is 2. The van der Waals surface area contributed by atoms with Gasteiger partial charge in [-0.25, -0.2) is 9.78 Å². The molecule has 2 rings (SSSR count). The smallest absolute Gasteiger partial charge is 0.339 e. The van der Waals surface area contributed by atoms with Crippen LogP contribution in [0, 0.1) is 0 Å². The van der Waals surface area contributed by atoms with Crippen LogP contribution in [0.5, 0.6) is 11.6 Å². The third kappa shape index (κ3) is 3.69. The molecule has 1 heterocycles. The Balaban J connectivity index is 2.47. The van der Waals surface area contributed by atoms with Gasteiger partial charge in [-0.05, 0) is 24.3 Å². The molecular formula is C15H11Cl2NO4. The molecule has 0 fully saturated rings. The van der Waals surface area contributed by atoms with Gasteiger partial charge in [-0.1, -0.05) is 23.2 Å². The summed E-state index contributed by atoms with van der Waals surface area (Å²) < 4.78 is 10.4. The Morgan fingerprint density at radius 1 is 1.32 bits per heavy atom. The molecule has 1 aromatic heterocycles. The van der Waals surface area contributed by atoms with Gasteiger partial charge < -0.3 is 14.6 Å². The van der Waals surface area contributed by atoms with Crippen LogP contribution in [0.15, 0.2) is 42.8 Å². The summed E-state index contributed by atoms with van der Waals surface area (Å²) in [6.45, 7) is 0. The van der Waals surface area contributed by atoms with Gasteiger partial charge in [0, 0.05) is 17.3 Å². The van der Waals surface area contributed by atoms with E-state index in [1.807, 2.05) is 0 Å². The molecule has 0 amide bonds. The summed E-state index contributed by atoms with van der Waals surface area (Å²) in [6, 6.07) is 7.85. The number of carboxylic acid groups (broad SMARTS) is 1. The number of nitrogens with zero attached hydrogens (tertiary/aromatic N) is 1. The highest BCUT2D eigenvalue weighted by Crippen LogP contribution is 2.34. The van der Waals surface area contributed by atoms with Gasteiger partial charge in [0.05, 0.1) is 24.0 Å². The van der Waals surface area contributed by atoms with Crippen molar-refractivity contribution in [3.05, 3.63) is 58.4 Å². The maximum atomic E-state index is 11.3. The van der Waals surface area contributed by atoms with Gasteiger partial charge in [0.2, 0.25) is 5.88 Å². The van der Waals surface area contributed by atoms with Crippen molar-refractivity contribution in [1.82, 2.24) is 4.98 Å². The van der Waals surface area contributed by atoms with Crippen LogP contribution >= 0.6 is 23.2 Å². The number of methoxy groups -OCH3 is 1. The highest BCUT2D eigenvalue weighted by atomic mass is 35.5. The normalized spacial score (nSPS) is 11.1. The lowest BCUT2D eigenvalue weighted by Gasteiger charge is -2.11. The topological polar surface area (TPSA) is 68.7 Å². The molecule has 0 bridgehead atoms. The lowest BCUT2D eigenvalue weighted by molar-refractivity contribution is -0.130. The lowest BCUT2D eigenvalue weighted by Crippen LogP contribution is -2.03. The van der Waals surface area contributed by atoms with E-state index in [9.17, 15) is 9.90 Å². The fourth-order valence-corrected chi connectivity index (χ4v) is 2.00. The first-order chi connectivity index (χ1) is 10.5. The number of hydrogen-bond acceptors (Lipinski definition) is 4. The summed E-state index contributed by atoms with van der Waals surface area (Å²) in [6.07, 6.45) is 2.58. The Morgan fingerprint density at radius 2 is 2.09 bits per heavy atom. The van der Waals surface area contributed by atoms with E-state index in [1.54, 1.807) is 24.3 Å². The van der Waals surface area contributed by atoms with E-state index in [4.69, 9.17) is 32.7 Å². The Morgan fingerprint density at radius 3 is 2.77 bits per heavy atom. The van der Waals surface area contributed by atoms with Gasteiger partial charge in [-0.2, -0.15) is 0 Å². The van der Waals surface area contributed by atoms with Crippen LogP contribution in [0.2, 0.25) is 10.0 Å². The minimum Gasteiger partial charge on any atom is -0.503 e. The molecule has 22 heavy (non-hydrogen) atoms. The summed E-state index contributed by atoms with van der Waals surface area (Å²) in [5.41, 5.74) is 0.164. The van der Waals surface area contributed by atoms with Crippen molar-refractivity contribution < 1.29 is 19.4 Å². The zero-order valence-electron chi connectivity index (χ0n) is 11.4. The van der Waals surface area contributed by atoms with Gasteiger partial charge >= 0.3 is 5.97 Å². The van der Waals surface area contributed by atoms with E-state index in [0.29, 0.717) is 10.0 Å². The van der Waals surface area contributed by atoms with Crippen LogP contribution in [0.4, 0.5) is 0 Å². The predicted octanol–water partition coefficient (Wildman–Crippen LogP) is 4.25. The molecule has 1 aromatic carbocycles. The number of halogens is 2. The molecule has 1 N–H and O–H groups in total. The van der Waals surface area contributed by atoms with Gasteiger partial charge in [0.25, 0.3) is 0 Å². The van der Waals surface area contributed by atoms with Crippen LogP contribution in [0.3, 0.4) is 0 Å². The quantitative estimate of drug-likeness (QED) is 0.651. The van der Waals surface area contributed by atoms with Crippen molar-refractivity contribution in [1.29, 1.82) is 0 Å². The number of carboxylic acids is 1. The molecule has 2 aromatic rings. The lowest BCUT2D eigenvalue weighted by atomic mass is 10.1. The molecule has 5 nitrogen and oxygen atoms in total. The van der Waals surface area contributed by atoms with Gasteiger partial charge in [-0.3, -0.25) is 0 Å². The fourth-order valence-electron chi connectivity index (χ4n) is 1.68. The Kier molecular flexibility index (Phi) is 5.25. The summed E-state index contributed by atoms with van der Waals surface area (Å²) >= 11 is 11.9. The summed E-state index contributed by atoms with van der Waals surface area (Å²) in [5.74, 6) is -0.814. The van der Waals surface area contributed by atoms with E-state index < -0.39 is 5.97 Å². The molecule has 0 atom stereocenters. The number of carbonyl (C=O) groups is 1. The molecule has 0 saturated carbocycles. The maximum absolute atomic E-state index is 11.3. The monoisotopic (exact) mass is 339 g/mol. The maximum Gasteiger partial charge on any atom is 0.339 e. The third-order valence-electron chi connectivity index (χ3n) is 2.63. The van der Waals surface area contributed by atoms with Crippen molar-refractivity contribution in [2.45, 2.75) is 0 Å². The molecular weight excluding hydrogens is 329 g/mol. The second-order valence-electron chi connectivity index (χ2n) is 4.11. The van der Waals surface area contributed by atoms with Gasteiger partial charge in [0.1, 0.15) is 11.3 Å². The zero-order chi connectivity index (χ0) is 16.1. The largest absolute Gasteiger partial charge is 0.503 e. The van der Waals surface area contributed by atoms with Gasteiger partial charge in [0.15, 0.2) is 0 Å². The summed E-state index contributed by atoms with van der Waals surface area (Å²) in [7, 11) is 1.35. The fraction of sp³-hybridized carbons (Fsp3) is 0.0667. The second kappa shape index (κ2) is 7.15. The average molecular weight is 340 g/mol. The van der Waals surface area contributed by atoms with Crippen LogP contribution in [-0.4, -0.2) is 23.2 Å². The van der Waals surface area contributed by atoms with Crippen molar-refractivity contribution in [2.24, 2.45) is 0 Å². The van der Waals surface area contributed by atoms with E-state index in [1.165, 1.54) is 19.4 Å². The number of pyridine rings is 1. The first-order valence-electron chi connectivity index (χ1n) is 6.07. The van der Waals surface area contributed by atoms with E-state index in [0.717, 1.165) is 6.26 Å². The number of aromatic nitrogens is 1. The molecule has 0 spiro atoms. The number of benzene rings is 1. The number of aliphatic carboxylic acids is 1. The number of hydrogen-bond donors (Lipinski definition) is 1. The van der Waals surface area contributed by atoms with Gasteiger partial charge in [-0.15, -0.1) is 0 Å². The minimum absolute atomic E-state index is 0.0809. The van der Waals surface area contributed by atoms with Crippen molar-refractivity contribution in [2.75, 3.05) is 7.11 Å². The summed E-state index contributed by atoms with van der Waals surface area (Å²) in [5, 5.41) is 10.0. The molecule has 114 valence electrons. The van der Waals surface area contributed by atoms with E-state index >= 15 is 0 Å². The Bertz CT molecular complexity index is 731. The van der Waals surface area contributed by atoms with Crippen molar-refractivity contribution in [3.63, 3.8) is 0 Å². The molecule has 7 heteroatoms. The molecule has 0 saturated heterocycles. The van der Waals surface area contributed by atoms with Crippen LogP contribution in [0.25, 0.3) is 5.57 Å². The van der Waals surface area contributed by atoms with Crippen molar-refractivity contribution in [3.8, 4) is 11.6 Å². The average Bonchev–Trinajstić information content (AvgIpc) is 2.49. The Labute approximate surface area is 136 Å². The molecule has 0 aliphatic rings. The number of rotatable bonds is 5. The van der Waals surface area contributed by atoms with E-state index in [-0.39, 0.29) is 22.8 Å². The molecule has 0 aliphatic carbocycles. The first kappa shape index (κ1) is 16.1. The van der Waals surface area contributed by atoms with Crippen LogP contribution in [-0.2, 0) is 9.53 Å². The van der Waals surface area contributed by atoms with Crippen molar-refractivity contribution >= 4 is 34.7 Å². The molecule has 0 radical (unpaired) electrons. The highest BCUT2D eigenvalue weighted by molar-refractivity contribution is 6.34. The molecule has 0 aliphatic heterocycles. The van der Waals surface area contributed by atoms with Crippen LogP contribution < -0.4 is 4.74 Å². The standard InChI is InChI=1S/C15H11Cl2NO4/c1-21-8-11(15(19)20)10-3-2-6-18-14(10)22-13-7-9(16)4-5-12(13)17/h2-8H,1H3,(H,19,20)/b11-8+. The summed E-state index contributed by atoms with van der Waals surface area (Å²) in [4.78, 5) is 15.4. The van der Waals surface area contributed by atoms with E-state index in [2.05, 4.69) is 4.98 Å². The van der Waals surface area contributed by atoms with Crippen LogP contribution in [0.1, 0.15) is 5.56 Å². The third-order valence-corrected chi connectivity index (χ3v) is 3.17. The minimum atomic E-state index is -1.17. The Hall–Kier alpha value is -2.24. The zero-order valence-corrected chi connectivity index (χ0v) is 12.9. The molecule has 0 unspecified atom stereocenters. The SMILES string of the molecule is CO/C=C(/C(=O)O)c1cccnc1Oc1cc(Cl)ccc1Cl.